The summed E-state index contributed by atoms with van der Waals surface area (Å²) in [6.45, 7) is 0. The quantitative estimate of drug-likeness (QED) is 0.0657. The van der Waals surface area contributed by atoms with Gasteiger partial charge in [0.15, 0.2) is 0 Å². The maximum atomic E-state index is 14.7. The molecule has 66 heavy (non-hydrogen) atoms. The van der Waals surface area contributed by atoms with E-state index in [-0.39, 0.29) is 0 Å². The molecule has 0 saturated carbocycles. The first-order valence-corrected chi connectivity index (χ1v) is 17.9. The Kier molecular flexibility index (Phi) is 13.3. The van der Waals surface area contributed by atoms with Crippen LogP contribution in [0, 0.1) is 0 Å². The molecule has 4 amide bonds. The van der Waals surface area contributed by atoms with Crippen LogP contribution in [-0.2, 0) is 0 Å². The molecule has 0 unspecified atom stereocenters. The molecule has 0 bridgehead atoms. The van der Waals surface area contributed by atoms with Crippen LogP contribution in [-0.4, -0.2) is 112 Å². The summed E-state index contributed by atoms with van der Waals surface area (Å²) in [5, 5.41) is 87.0. The highest BCUT2D eigenvalue weighted by atomic mass is 16.4. The fraction of sp³-hybridized carbons (Fsp3) is 0. The van der Waals surface area contributed by atoms with Crippen molar-refractivity contribution in [3.63, 3.8) is 0 Å². The number of carbonyl (C=O) groups excluding carboxylic acids is 4. The van der Waals surface area contributed by atoms with Crippen molar-refractivity contribution in [2.75, 3.05) is 21.3 Å². The van der Waals surface area contributed by atoms with E-state index < -0.39 is 161 Å². The van der Waals surface area contributed by atoms with E-state index in [4.69, 9.17) is 0 Å². The van der Waals surface area contributed by atoms with Crippen LogP contribution < -0.4 is 21.3 Å². The van der Waals surface area contributed by atoms with Crippen molar-refractivity contribution in [3.8, 4) is 0 Å². The van der Waals surface area contributed by atoms with Crippen LogP contribution in [0.5, 0.6) is 0 Å². The van der Waals surface area contributed by atoms with E-state index in [2.05, 4.69) is 0 Å². The van der Waals surface area contributed by atoms with Gasteiger partial charge in [0, 0.05) is 0 Å². The van der Waals surface area contributed by atoms with Crippen LogP contribution in [0.3, 0.4) is 0 Å². The minimum atomic E-state index is -1.86. The summed E-state index contributed by atoms with van der Waals surface area (Å²) in [5.74, 6) is -21.7. The van der Waals surface area contributed by atoms with Crippen molar-refractivity contribution in [1.29, 1.82) is 0 Å². The number of aromatic carboxylic acids is 8. The average Bonchev–Trinajstić information content (AvgIpc) is 3.25. The normalized spacial score (nSPS) is 10.4. The number of para-hydroxylation sites is 4. The third-order valence-electron chi connectivity index (χ3n) is 9.20. The fourth-order valence-corrected chi connectivity index (χ4v) is 6.34. The van der Waals surface area contributed by atoms with Crippen LogP contribution >= 0.6 is 0 Å². The molecule has 5 aromatic carbocycles. The number of benzene rings is 5. The van der Waals surface area contributed by atoms with E-state index in [1.54, 1.807) is 0 Å². The number of nitrogens with one attached hydrogen (secondary N) is 4. The predicted octanol–water partition coefficient (Wildman–Crippen LogP) is 4.28. The van der Waals surface area contributed by atoms with Gasteiger partial charge in [-0.25, -0.2) is 38.4 Å². The molecule has 334 valence electrons. The Morgan fingerprint density at radius 1 is 0.242 bits per heavy atom. The molecule has 0 aromatic heterocycles. The summed E-state index contributed by atoms with van der Waals surface area (Å²) < 4.78 is 0. The van der Waals surface area contributed by atoms with Gasteiger partial charge in [0.05, 0.1) is 89.5 Å². The minimum Gasteiger partial charge on any atom is -0.478 e. The number of carbonyl (C=O) groups is 12. The summed E-state index contributed by atoms with van der Waals surface area (Å²) in [4.78, 5) is 156. The van der Waals surface area contributed by atoms with Gasteiger partial charge in [0.1, 0.15) is 0 Å². The van der Waals surface area contributed by atoms with Crippen molar-refractivity contribution in [3.05, 3.63) is 152 Å². The number of rotatable bonds is 16. The third kappa shape index (κ3) is 9.31. The summed E-state index contributed by atoms with van der Waals surface area (Å²) in [6, 6.07) is 11.6. The van der Waals surface area contributed by atoms with Crippen LogP contribution in [0.2, 0.25) is 0 Å². The Morgan fingerprint density at radius 2 is 0.409 bits per heavy atom. The van der Waals surface area contributed by atoms with Gasteiger partial charge in [0.2, 0.25) is 0 Å². The molecule has 0 radical (unpaired) electrons. The molecule has 5 rings (SSSR count). The van der Waals surface area contributed by atoms with Gasteiger partial charge in [-0.3, -0.25) is 19.2 Å². The molecule has 0 fully saturated rings. The molecule has 0 aliphatic heterocycles. The summed E-state index contributed by atoms with van der Waals surface area (Å²) in [5.41, 5.74) is -16.2. The monoisotopic (exact) mass is 906 g/mol. The standard InChI is InChI=1S/C42H26N4O20/c47-31(43-27-17(35(51)52)5-1-6-18(27)36(53)54)15-13-14-16(32(48)44-28-19(37(55)56)7-2-8-20(28)38(57)58)26(34(50)46-30-23(41(63)64)11-4-12-24(30)42(65)66)25(15)33(49)45-29-21(39(59)60)9-3-10-22(29)40(61)62/h1-14H,(H,43,47)(H,44,48)(H,45,49)(H,46,50)(H,51,52)(H,53,54)(H,55,56)(H,57,58)(H,59,60)(H,61,62)(H,63,64)(H,65,66). The lowest BCUT2D eigenvalue weighted by atomic mass is 9.92. The maximum absolute atomic E-state index is 14.7. The zero-order valence-corrected chi connectivity index (χ0v) is 32.6. The second-order valence-electron chi connectivity index (χ2n) is 13.1. The van der Waals surface area contributed by atoms with E-state index >= 15 is 0 Å². The molecular formula is C42H26N4O20. The second kappa shape index (κ2) is 18.8. The average molecular weight is 907 g/mol. The van der Waals surface area contributed by atoms with Crippen molar-refractivity contribution in [2.24, 2.45) is 0 Å². The van der Waals surface area contributed by atoms with Gasteiger partial charge < -0.3 is 62.1 Å². The fourth-order valence-electron chi connectivity index (χ4n) is 6.34. The molecule has 0 atom stereocenters. The van der Waals surface area contributed by atoms with Crippen LogP contribution in [0.4, 0.5) is 22.7 Å². The predicted molar refractivity (Wildman–Crippen MR) is 220 cm³/mol. The van der Waals surface area contributed by atoms with Crippen molar-refractivity contribution in [2.45, 2.75) is 0 Å². The molecule has 0 saturated heterocycles. The van der Waals surface area contributed by atoms with Crippen LogP contribution in [0.25, 0.3) is 0 Å². The van der Waals surface area contributed by atoms with E-state index in [1.807, 2.05) is 21.3 Å². The minimum absolute atomic E-state index is 0.566. The first-order valence-electron chi connectivity index (χ1n) is 17.9. The zero-order chi connectivity index (χ0) is 48.9. The van der Waals surface area contributed by atoms with Crippen LogP contribution in [0.1, 0.15) is 124 Å². The molecule has 24 heteroatoms. The molecule has 0 heterocycles. The molecule has 0 aliphatic carbocycles. The smallest absolute Gasteiger partial charge is 0.337 e. The highest BCUT2D eigenvalue weighted by Gasteiger charge is 2.35. The molecule has 24 nitrogen and oxygen atoms in total. The Morgan fingerprint density at radius 3 is 0.576 bits per heavy atom. The van der Waals surface area contributed by atoms with E-state index in [1.165, 1.54) is 0 Å². The zero-order valence-electron chi connectivity index (χ0n) is 32.6. The molecular weight excluding hydrogens is 880 g/mol. The number of hydrogen-bond acceptors (Lipinski definition) is 12. The van der Waals surface area contributed by atoms with Gasteiger partial charge in [-0.2, -0.15) is 0 Å². The number of carboxylic acids is 8. The van der Waals surface area contributed by atoms with Crippen molar-refractivity contribution in [1.82, 2.24) is 0 Å². The Balaban J connectivity index is 1.92. The maximum Gasteiger partial charge on any atom is 0.337 e. The van der Waals surface area contributed by atoms with E-state index in [9.17, 15) is 98.4 Å². The van der Waals surface area contributed by atoms with Crippen molar-refractivity contribution < 1.29 is 98.4 Å². The Hall–Kier alpha value is -10.3. The SMILES string of the molecule is O=C(O)c1cccc(C(=O)O)c1NC(=O)c1ccc(C(=O)Nc2c(C(=O)O)cccc2C(=O)O)c(C(=O)Nc2c(C(=O)O)cccc2C(=O)O)c1C(=O)Nc1c(C(=O)O)cccc1C(=O)O. The van der Waals surface area contributed by atoms with Gasteiger partial charge in [-0.15, -0.1) is 0 Å². The number of amides is 4. The first kappa shape index (κ1) is 46.8. The van der Waals surface area contributed by atoms with Crippen molar-refractivity contribution >= 4 is 94.1 Å². The van der Waals surface area contributed by atoms with E-state index in [0.717, 1.165) is 72.8 Å². The highest BCUT2D eigenvalue weighted by Crippen LogP contribution is 2.32. The molecule has 12 N–H and O–H groups in total. The summed E-state index contributed by atoms with van der Waals surface area (Å²) >= 11 is 0. The lowest BCUT2D eigenvalue weighted by molar-refractivity contribution is 0.0677. The highest BCUT2D eigenvalue weighted by molar-refractivity contribution is 6.28. The van der Waals surface area contributed by atoms with Gasteiger partial charge >= 0.3 is 47.8 Å². The summed E-state index contributed by atoms with van der Waals surface area (Å²) in [6.07, 6.45) is 0. The third-order valence-corrected chi connectivity index (χ3v) is 9.20. The van der Waals surface area contributed by atoms with Gasteiger partial charge in [-0.1, -0.05) is 24.3 Å². The molecule has 0 aliphatic rings. The summed E-state index contributed by atoms with van der Waals surface area (Å²) in [7, 11) is 0. The lowest BCUT2D eigenvalue weighted by Crippen LogP contribution is -2.31. The molecule has 5 aromatic rings. The first-order chi connectivity index (χ1) is 31.1. The number of anilines is 4. The van der Waals surface area contributed by atoms with E-state index in [0.29, 0.717) is 12.1 Å². The largest absolute Gasteiger partial charge is 0.478 e. The Bertz CT molecular complexity index is 2720. The molecule has 0 spiro atoms. The van der Waals surface area contributed by atoms with Gasteiger partial charge in [0.25, 0.3) is 23.6 Å². The van der Waals surface area contributed by atoms with Crippen LogP contribution in [0.15, 0.2) is 84.9 Å². The second-order valence-corrected chi connectivity index (χ2v) is 13.1. The number of carboxylic acid groups (broad SMARTS) is 8. The lowest BCUT2D eigenvalue weighted by Gasteiger charge is -2.21. The van der Waals surface area contributed by atoms with Gasteiger partial charge in [-0.05, 0) is 60.7 Å². The number of hydrogen-bond donors (Lipinski definition) is 12. The Labute approximate surface area is 365 Å². The topological polar surface area (TPSA) is 415 Å².